The van der Waals surface area contributed by atoms with Crippen molar-refractivity contribution in [2.75, 3.05) is 37.6 Å². The highest BCUT2D eigenvalue weighted by molar-refractivity contribution is 5.94. The van der Waals surface area contributed by atoms with Gasteiger partial charge in [0.2, 0.25) is 5.91 Å². The van der Waals surface area contributed by atoms with Crippen LogP contribution >= 0.6 is 0 Å². The molecule has 26 heavy (non-hydrogen) atoms. The van der Waals surface area contributed by atoms with E-state index in [0.717, 1.165) is 19.6 Å². The summed E-state index contributed by atoms with van der Waals surface area (Å²) < 4.78 is 0. The quantitative estimate of drug-likeness (QED) is 0.803. The van der Waals surface area contributed by atoms with E-state index in [2.05, 4.69) is 15.1 Å². The molecule has 1 aliphatic carbocycles. The maximum atomic E-state index is 12.7. The van der Waals surface area contributed by atoms with Gasteiger partial charge in [-0.1, -0.05) is 0 Å². The number of anilines is 1. The number of primary amides is 1. The monoisotopic (exact) mass is 356 g/mol. The minimum atomic E-state index is -0.302. The van der Waals surface area contributed by atoms with Gasteiger partial charge in [0.1, 0.15) is 0 Å². The Morgan fingerprint density at radius 3 is 2.38 bits per heavy atom. The van der Waals surface area contributed by atoms with Crippen LogP contribution < -0.4 is 16.0 Å². The maximum absolute atomic E-state index is 12.7. The van der Waals surface area contributed by atoms with E-state index in [0.29, 0.717) is 23.9 Å². The van der Waals surface area contributed by atoms with Gasteiger partial charge in [-0.3, -0.25) is 14.5 Å². The van der Waals surface area contributed by atoms with Crippen LogP contribution in [-0.2, 0) is 4.79 Å². The SMILES string of the molecule is NC(=O)CN1C[C@@H](NC(=O)c2ccc(N3CCCC3)cc2)[C@H](C2CC2)C1. The molecule has 2 atom stereocenters. The highest BCUT2D eigenvalue weighted by Crippen LogP contribution is 2.41. The predicted octanol–water partition coefficient (Wildman–Crippen LogP) is 1.21. The first kappa shape index (κ1) is 17.3. The third kappa shape index (κ3) is 3.85. The summed E-state index contributed by atoms with van der Waals surface area (Å²) in [5, 5.41) is 3.21. The third-order valence-electron chi connectivity index (χ3n) is 5.96. The average Bonchev–Trinajstić information content (AvgIpc) is 3.16. The predicted molar refractivity (Wildman–Crippen MR) is 101 cm³/mol. The largest absolute Gasteiger partial charge is 0.372 e. The van der Waals surface area contributed by atoms with Crippen molar-refractivity contribution < 1.29 is 9.59 Å². The van der Waals surface area contributed by atoms with Crippen molar-refractivity contribution in [2.45, 2.75) is 31.7 Å². The minimum absolute atomic E-state index is 0.0189. The molecule has 3 fully saturated rings. The third-order valence-corrected chi connectivity index (χ3v) is 5.96. The molecule has 1 aromatic carbocycles. The van der Waals surface area contributed by atoms with E-state index in [4.69, 9.17) is 5.73 Å². The maximum Gasteiger partial charge on any atom is 0.251 e. The molecular weight excluding hydrogens is 328 g/mol. The molecule has 0 radical (unpaired) electrons. The van der Waals surface area contributed by atoms with Gasteiger partial charge in [-0.15, -0.1) is 0 Å². The molecule has 3 N–H and O–H groups in total. The van der Waals surface area contributed by atoms with Gasteiger partial charge in [-0.2, -0.15) is 0 Å². The van der Waals surface area contributed by atoms with Gasteiger partial charge in [0.25, 0.3) is 5.91 Å². The van der Waals surface area contributed by atoms with Crippen LogP contribution in [0.25, 0.3) is 0 Å². The minimum Gasteiger partial charge on any atom is -0.372 e. The first-order valence-corrected chi connectivity index (χ1v) is 9.76. The standard InChI is InChI=1S/C20H28N4O2/c21-19(25)13-23-11-17(14-3-4-14)18(12-23)22-20(26)15-5-7-16(8-6-15)24-9-1-2-10-24/h5-8,14,17-18H,1-4,9-13H2,(H2,21,25)(H,22,26)/t17-,18+/m0/s1. The van der Waals surface area contributed by atoms with Crippen molar-refractivity contribution in [2.24, 2.45) is 17.6 Å². The Kier molecular flexibility index (Phi) is 4.85. The molecule has 6 heteroatoms. The van der Waals surface area contributed by atoms with Crippen molar-refractivity contribution in [1.82, 2.24) is 10.2 Å². The Hall–Kier alpha value is -2.08. The topological polar surface area (TPSA) is 78.7 Å². The summed E-state index contributed by atoms with van der Waals surface area (Å²) in [4.78, 5) is 28.4. The van der Waals surface area contributed by atoms with Gasteiger partial charge in [0, 0.05) is 43.5 Å². The van der Waals surface area contributed by atoms with Crippen LogP contribution in [0.1, 0.15) is 36.0 Å². The molecule has 0 aromatic heterocycles. The number of amides is 2. The molecule has 4 rings (SSSR count). The molecular formula is C20H28N4O2. The first-order chi connectivity index (χ1) is 12.6. The van der Waals surface area contributed by atoms with E-state index in [-0.39, 0.29) is 24.4 Å². The van der Waals surface area contributed by atoms with Crippen LogP contribution in [0.2, 0.25) is 0 Å². The first-order valence-electron chi connectivity index (χ1n) is 9.76. The zero-order valence-corrected chi connectivity index (χ0v) is 15.2. The number of hydrogen-bond donors (Lipinski definition) is 2. The van der Waals surface area contributed by atoms with Gasteiger partial charge in [0.05, 0.1) is 6.54 Å². The second-order valence-corrected chi connectivity index (χ2v) is 7.98. The Balaban J connectivity index is 1.39. The lowest BCUT2D eigenvalue weighted by Crippen LogP contribution is -2.41. The fourth-order valence-electron chi connectivity index (χ4n) is 4.47. The van der Waals surface area contributed by atoms with Crippen LogP contribution in [0, 0.1) is 11.8 Å². The van der Waals surface area contributed by atoms with E-state index in [9.17, 15) is 9.59 Å². The van der Waals surface area contributed by atoms with Crippen molar-refractivity contribution >= 4 is 17.5 Å². The lowest BCUT2D eigenvalue weighted by molar-refractivity contribution is -0.118. The summed E-state index contributed by atoms with van der Waals surface area (Å²) in [7, 11) is 0. The van der Waals surface area contributed by atoms with Gasteiger partial charge >= 0.3 is 0 Å². The van der Waals surface area contributed by atoms with Gasteiger partial charge < -0.3 is 16.0 Å². The normalized spacial score (nSPS) is 26.2. The molecule has 6 nitrogen and oxygen atoms in total. The summed E-state index contributed by atoms with van der Waals surface area (Å²) >= 11 is 0. The van der Waals surface area contributed by atoms with Crippen LogP contribution in [0.3, 0.4) is 0 Å². The highest BCUT2D eigenvalue weighted by atomic mass is 16.2. The van der Waals surface area contributed by atoms with Crippen LogP contribution in [0.15, 0.2) is 24.3 Å². The van der Waals surface area contributed by atoms with Gasteiger partial charge in [-0.05, 0) is 61.8 Å². The number of nitrogens with one attached hydrogen (secondary N) is 1. The number of benzene rings is 1. The number of likely N-dealkylation sites (tertiary alicyclic amines) is 1. The molecule has 0 unspecified atom stereocenters. The lowest BCUT2D eigenvalue weighted by Gasteiger charge is -2.20. The summed E-state index contributed by atoms with van der Waals surface area (Å²) in [5.41, 5.74) is 7.24. The van der Waals surface area contributed by atoms with Crippen molar-refractivity contribution in [3.8, 4) is 0 Å². The molecule has 0 spiro atoms. The molecule has 2 amide bonds. The number of nitrogens with two attached hydrogens (primary N) is 1. The Bertz CT molecular complexity index is 665. The van der Waals surface area contributed by atoms with E-state index in [1.54, 1.807) is 0 Å². The molecule has 2 aliphatic heterocycles. The number of nitrogens with zero attached hydrogens (tertiary/aromatic N) is 2. The van der Waals surface area contributed by atoms with Crippen molar-refractivity contribution in [3.05, 3.63) is 29.8 Å². The van der Waals surface area contributed by atoms with Crippen LogP contribution in [0.4, 0.5) is 5.69 Å². The Morgan fingerprint density at radius 1 is 1.08 bits per heavy atom. The fraction of sp³-hybridized carbons (Fsp3) is 0.600. The van der Waals surface area contributed by atoms with E-state index in [1.165, 1.54) is 31.4 Å². The Morgan fingerprint density at radius 2 is 1.77 bits per heavy atom. The zero-order chi connectivity index (χ0) is 18.1. The van der Waals surface area contributed by atoms with Crippen LogP contribution in [-0.4, -0.2) is 55.5 Å². The van der Waals surface area contributed by atoms with Crippen molar-refractivity contribution in [3.63, 3.8) is 0 Å². The molecule has 140 valence electrons. The van der Waals surface area contributed by atoms with E-state index >= 15 is 0 Å². The van der Waals surface area contributed by atoms with E-state index < -0.39 is 0 Å². The molecule has 1 saturated carbocycles. The molecule has 0 bridgehead atoms. The number of carbonyl (C=O) groups is 2. The molecule has 1 aromatic rings. The van der Waals surface area contributed by atoms with Gasteiger partial charge in [-0.25, -0.2) is 0 Å². The fourth-order valence-corrected chi connectivity index (χ4v) is 4.47. The molecule has 2 saturated heterocycles. The molecule has 3 aliphatic rings. The zero-order valence-electron chi connectivity index (χ0n) is 15.2. The highest BCUT2D eigenvalue weighted by Gasteiger charge is 2.43. The summed E-state index contributed by atoms with van der Waals surface area (Å²) in [6, 6.07) is 8.04. The molecule has 2 heterocycles. The summed E-state index contributed by atoms with van der Waals surface area (Å²) in [5.74, 6) is 0.788. The summed E-state index contributed by atoms with van der Waals surface area (Å²) in [6.45, 7) is 4.05. The Labute approximate surface area is 154 Å². The average molecular weight is 356 g/mol. The summed E-state index contributed by atoms with van der Waals surface area (Å²) in [6.07, 6.45) is 4.94. The second kappa shape index (κ2) is 7.27. The number of rotatable bonds is 6. The van der Waals surface area contributed by atoms with E-state index in [1.807, 2.05) is 24.3 Å². The van der Waals surface area contributed by atoms with Gasteiger partial charge in [0.15, 0.2) is 0 Å². The second-order valence-electron chi connectivity index (χ2n) is 7.98. The van der Waals surface area contributed by atoms with Crippen LogP contribution in [0.5, 0.6) is 0 Å². The number of hydrogen-bond acceptors (Lipinski definition) is 4. The van der Waals surface area contributed by atoms with Crippen molar-refractivity contribution in [1.29, 1.82) is 0 Å². The smallest absolute Gasteiger partial charge is 0.251 e. The lowest BCUT2D eigenvalue weighted by atomic mass is 9.98. The number of carbonyl (C=O) groups excluding carboxylic acids is 2.